The monoisotopic (exact) mass is 442 g/mol. The molecule has 2 aromatic carbocycles. The largest absolute Gasteiger partial charge is 0.352 e. The van der Waals surface area contributed by atoms with Gasteiger partial charge in [0.1, 0.15) is 0 Å². The molecule has 0 unspecified atom stereocenters. The highest BCUT2D eigenvalue weighted by atomic mass is 32.2. The Bertz CT molecular complexity index is 1120. The summed E-state index contributed by atoms with van der Waals surface area (Å²) in [6, 6.07) is 10.3. The summed E-state index contributed by atoms with van der Waals surface area (Å²) >= 11 is 0. The van der Waals surface area contributed by atoms with Crippen molar-refractivity contribution in [1.29, 1.82) is 0 Å². The van der Waals surface area contributed by atoms with Gasteiger partial charge in [-0.15, -0.1) is 0 Å². The average molecular weight is 443 g/mol. The van der Waals surface area contributed by atoms with E-state index in [0.29, 0.717) is 36.2 Å². The van der Waals surface area contributed by atoms with Crippen molar-refractivity contribution in [2.75, 3.05) is 11.9 Å². The number of sulfone groups is 1. The number of carbonyl (C=O) groups excluding carboxylic acids is 2. The molecule has 1 fully saturated rings. The summed E-state index contributed by atoms with van der Waals surface area (Å²) in [5.74, 6) is -0.765. The molecule has 0 spiro atoms. The van der Waals surface area contributed by atoms with Gasteiger partial charge in [-0.1, -0.05) is 31.0 Å². The number of nitrogens with one attached hydrogen (secondary N) is 2. The van der Waals surface area contributed by atoms with Crippen molar-refractivity contribution < 1.29 is 18.0 Å². The Morgan fingerprint density at radius 1 is 0.968 bits per heavy atom. The van der Waals surface area contributed by atoms with E-state index in [1.165, 1.54) is 0 Å². The van der Waals surface area contributed by atoms with E-state index < -0.39 is 20.5 Å². The van der Waals surface area contributed by atoms with Crippen LogP contribution in [0, 0.1) is 20.8 Å². The number of aryl methyl sites for hydroxylation is 3. The van der Waals surface area contributed by atoms with Crippen molar-refractivity contribution in [2.24, 2.45) is 0 Å². The molecule has 0 aromatic heterocycles. The third kappa shape index (κ3) is 4.24. The van der Waals surface area contributed by atoms with Crippen molar-refractivity contribution in [2.45, 2.75) is 63.0 Å². The predicted octanol–water partition coefficient (Wildman–Crippen LogP) is 4.09. The summed E-state index contributed by atoms with van der Waals surface area (Å²) < 4.78 is 26.0. The van der Waals surface area contributed by atoms with Gasteiger partial charge in [-0.2, -0.15) is 0 Å². The lowest BCUT2D eigenvalue weighted by Gasteiger charge is -2.29. The van der Waals surface area contributed by atoms with Gasteiger partial charge in [0.25, 0.3) is 5.91 Å². The number of rotatable bonds is 6. The summed E-state index contributed by atoms with van der Waals surface area (Å²) in [5, 5.41) is 5.58. The molecule has 3 rings (SSSR count). The van der Waals surface area contributed by atoms with Gasteiger partial charge < -0.3 is 10.6 Å². The van der Waals surface area contributed by atoms with Gasteiger partial charge >= 0.3 is 0 Å². The van der Waals surface area contributed by atoms with Gasteiger partial charge in [0.2, 0.25) is 5.91 Å². The lowest BCUT2D eigenvalue weighted by molar-refractivity contribution is -0.118. The normalized spacial score (nSPS) is 15.5. The molecule has 166 valence electrons. The second kappa shape index (κ2) is 8.83. The number of carbonyl (C=O) groups is 2. The zero-order chi connectivity index (χ0) is 22.8. The van der Waals surface area contributed by atoms with Crippen molar-refractivity contribution >= 4 is 27.3 Å². The zero-order valence-corrected chi connectivity index (χ0v) is 19.4. The Hall–Kier alpha value is -2.67. The summed E-state index contributed by atoms with van der Waals surface area (Å²) in [7, 11) is -3.91. The van der Waals surface area contributed by atoms with E-state index >= 15 is 0 Å². The lowest BCUT2D eigenvalue weighted by Crippen LogP contribution is -2.47. The minimum absolute atomic E-state index is 0.220. The first-order chi connectivity index (χ1) is 14.6. The van der Waals surface area contributed by atoms with E-state index in [1.54, 1.807) is 37.3 Å². The molecule has 1 aliphatic rings. The maximum absolute atomic E-state index is 13.8. The minimum atomic E-state index is -3.91. The van der Waals surface area contributed by atoms with Crippen molar-refractivity contribution in [3.05, 3.63) is 58.7 Å². The van der Waals surface area contributed by atoms with Crippen LogP contribution in [-0.4, -0.2) is 31.5 Å². The van der Waals surface area contributed by atoms with Crippen LogP contribution in [-0.2, 0) is 14.6 Å². The molecule has 31 heavy (non-hydrogen) atoms. The first-order valence-electron chi connectivity index (χ1n) is 10.6. The van der Waals surface area contributed by atoms with Crippen LogP contribution in [0.15, 0.2) is 41.3 Å². The molecule has 0 atom stereocenters. The predicted molar refractivity (Wildman–Crippen MR) is 122 cm³/mol. The molecule has 2 aromatic rings. The van der Waals surface area contributed by atoms with Crippen molar-refractivity contribution in [3.63, 3.8) is 0 Å². The molecule has 2 N–H and O–H groups in total. The molecule has 1 aliphatic carbocycles. The maximum atomic E-state index is 13.8. The van der Waals surface area contributed by atoms with Gasteiger partial charge in [-0.3, -0.25) is 9.59 Å². The Morgan fingerprint density at radius 2 is 1.61 bits per heavy atom. The molecular weight excluding hydrogens is 412 g/mol. The van der Waals surface area contributed by atoms with Gasteiger partial charge in [0.05, 0.1) is 4.90 Å². The molecule has 0 radical (unpaired) electrons. The van der Waals surface area contributed by atoms with Crippen molar-refractivity contribution in [3.8, 4) is 0 Å². The fraction of sp³-hybridized carbons (Fsp3) is 0.417. The molecular formula is C24H30N2O4S. The number of hydrogen-bond acceptors (Lipinski definition) is 4. The highest BCUT2D eigenvalue weighted by molar-refractivity contribution is 7.93. The van der Waals surface area contributed by atoms with Crippen LogP contribution in [0.5, 0.6) is 0 Å². The molecule has 0 saturated heterocycles. The Labute approximate surface area is 184 Å². The number of hydrogen-bond donors (Lipinski definition) is 2. The highest BCUT2D eigenvalue weighted by Gasteiger charge is 2.53. The van der Waals surface area contributed by atoms with Crippen LogP contribution < -0.4 is 10.6 Å². The van der Waals surface area contributed by atoms with Crippen LogP contribution in [0.1, 0.15) is 59.7 Å². The molecule has 7 heteroatoms. The molecule has 2 amide bonds. The van der Waals surface area contributed by atoms with E-state index in [4.69, 9.17) is 0 Å². The first-order valence-corrected chi connectivity index (χ1v) is 12.1. The van der Waals surface area contributed by atoms with E-state index in [0.717, 1.165) is 11.1 Å². The minimum Gasteiger partial charge on any atom is -0.352 e. The van der Waals surface area contributed by atoms with Gasteiger partial charge in [0, 0.05) is 17.8 Å². The smallest absolute Gasteiger partial charge is 0.251 e. The molecule has 0 heterocycles. The SMILES string of the molecule is CCNC(=O)c1ccc(C)c(NC(=O)C2(S(=O)(=O)c3cc(C)ccc3C)CCCC2)c1. The molecule has 0 bridgehead atoms. The third-order valence-electron chi connectivity index (χ3n) is 6.06. The summed E-state index contributed by atoms with van der Waals surface area (Å²) in [6.07, 6.45) is 1.91. The van der Waals surface area contributed by atoms with E-state index in [2.05, 4.69) is 10.6 Å². The fourth-order valence-electron chi connectivity index (χ4n) is 4.17. The van der Waals surface area contributed by atoms with E-state index in [9.17, 15) is 18.0 Å². The van der Waals surface area contributed by atoms with Crippen molar-refractivity contribution in [1.82, 2.24) is 5.32 Å². The molecule has 6 nitrogen and oxygen atoms in total. The molecule has 1 saturated carbocycles. The van der Waals surface area contributed by atoms with Crippen LogP contribution in [0.4, 0.5) is 5.69 Å². The Kier molecular flexibility index (Phi) is 6.55. The molecule has 0 aliphatic heterocycles. The fourth-order valence-corrected chi connectivity index (χ4v) is 6.54. The van der Waals surface area contributed by atoms with Gasteiger partial charge in [0.15, 0.2) is 14.6 Å². The summed E-state index contributed by atoms with van der Waals surface area (Å²) in [4.78, 5) is 25.9. The topological polar surface area (TPSA) is 92.3 Å². The van der Waals surface area contributed by atoms with Crippen LogP contribution in [0.25, 0.3) is 0 Å². The number of amides is 2. The van der Waals surface area contributed by atoms with Crippen LogP contribution in [0.3, 0.4) is 0 Å². The standard InChI is InChI=1S/C24H30N2O4S/c1-5-25-22(27)19-11-10-17(3)20(15-19)26-23(28)24(12-6-7-13-24)31(29,30)21-14-16(2)8-9-18(21)4/h8-11,14-15H,5-7,12-13H2,1-4H3,(H,25,27)(H,26,28). The third-order valence-corrected chi connectivity index (χ3v) is 8.70. The second-order valence-corrected chi connectivity index (χ2v) is 10.5. The van der Waals surface area contributed by atoms with E-state index in [-0.39, 0.29) is 23.6 Å². The number of benzene rings is 2. The Morgan fingerprint density at radius 3 is 2.26 bits per heavy atom. The van der Waals surface area contributed by atoms with E-state index in [1.807, 2.05) is 26.8 Å². The highest BCUT2D eigenvalue weighted by Crippen LogP contribution is 2.42. The first kappa shape index (κ1) is 23.0. The quantitative estimate of drug-likeness (QED) is 0.705. The number of anilines is 1. The van der Waals surface area contributed by atoms with Crippen LogP contribution >= 0.6 is 0 Å². The van der Waals surface area contributed by atoms with Gasteiger partial charge in [-0.05, 0) is 75.4 Å². The zero-order valence-electron chi connectivity index (χ0n) is 18.5. The second-order valence-electron chi connectivity index (χ2n) is 8.32. The van der Waals surface area contributed by atoms with Gasteiger partial charge in [-0.25, -0.2) is 8.42 Å². The lowest BCUT2D eigenvalue weighted by atomic mass is 10.0. The summed E-state index contributed by atoms with van der Waals surface area (Å²) in [5.41, 5.74) is 3.11. The summed E-state index contributed by atoms with van der Waals surface area (Å²) in [6.45, 7) is 7.74. The average Bonchev–Trinajstić information content (AvgIpc) is 3.23. The van der Waals surface area contributed by atoms with Crippen LogP contribution in [0.2, 0.25) is 0 Å². The maximum Gasteiger partial charge on any atom is 0.251 e. The Balaban J connectivity index is 2.01.